The molecule has 1 unspecified atom stereocenters. The summed E-state index contributed by atoms with van der Waals surface area (Å²) < 4.78 is 40.4. The van der Waals surface area contributed by atoms with E-state index in [1.54, 1.807) is 12.1 Å². The number of benzene rings is 3. The lowest BCUT2D eigenvalue weighted by atomic mass is 9.90. The second-order valence-electron chi connectivity index (χ2n) is 9.93. The zero-order valence-corrected chi connectivity index (χ0v) is 20.1. The second kappa shape index (κ2) is 10.5. The topological polar surface area (TPSA) is 6.48 Å². The van der Waals surface area contributed by atoms with Crippen molar-refractivity contribution in [2.45, 2.75) is 56.9 Å². The molecule has 3 aromatic carbocycles. The first kappa shape index (κ1) is 24.1. The Kier molecular flexibility index (Phi) is 7.26. The SMILES string of the molecule is FC(F)(F)c1ccccc1-c1ccc(CN2CCN(C3CCCCC3)C(c3ccccc3)C2)cc1. The number of rotatable bonds is 5. The van der Waals surface area contributed by atoms with Gasteiger partial charge in [0, 0.05) is 38.3 Å². The summed E-state index contributed by atoms with van der Waals surface area (Å²) in [5.41, 5.74) is 2.76. The lowest BCUT2D eigenvalue weighted by Gasteiger charge is -2.46. The molecule has 1 saturated heterocycles. The Balaban J connectivity index is 1.31. The highest BCUT2D eigenvalue weighted by Gasteiger charge is 2.34. The fraction of sp³-hybridized carbons (Fsp3) is 0.400. The van der Waals surface area contributed by atoms with E-state index in [1.165, 1.54) is 43.7 Å². The molecule has 1 heterocycles. The third kappa shape index (κ3) is 5.62. The van der Waals surface area contributed by atoms with Crippen molar-refractivity contribution in [1.82, 2.24) is 9.80 Å². The third-order valence-corrected chi connectivity index (χ3v) is 7.64. The Morgan fingerprint density at radius 3 is 2.14 bits per heavy atom. The van der Waals surface area contributed by atoms with Gasteiger partial charge in [-0.1, -0.05) is 92.1 Å². The zero-order chi connectivity index (χ0) is 24.3. The van der Waals surface area contributed by atoms with E-state index in [1.807, 2.05) is 24.3 Å². The van der Waals surface area contributed by atoms with Gasteiger partial charge in [0.2, 0.25) is 0 Å². The molecule has 184 valence electrons. The van der Waals surface area contributed by atoms with Gasteiger partial charge in [-0.3, -0.25) is 9.80 Å². The van der Waals surface area contributed by atoms with E-state index in [0.717, 1.165) is 37.8 Å². The van der Waals surface area contributed by atoms with Gasteiger partial charge >= 0.3 is 6.18 Å². The standard InChI is InChI=1S/C30H33F3N2/c31-30(32,33)28-14-8-7-13-27(28)24-17-15-23(16-18-24)21-34-19-20-35(26-11-5-2-6-12-26)29(22-34)25-9-3-1-4-10-25/h1,3-4,7-10,13-18,26,29H,2,5-6,11-12,19-22H2. The van der Waals surface area contributed by atoms with Gasteiger partial charge in [-0.05, 0) is 41.2 Å². The number of piperazine rings is 1. The summed E-state index contributed by atoms with van der Waals surface area (Å²) in [4.78, 5) is 5.23. The molecule has 0 aromatic heterocycles. The molecule has 1 saturated carbocycles. The van der Waals surface area contributed by atoms with Gasteiger partial charge < -0.3 is 0 Å². The Hall–Kier alpha value is -2.63. The van der Waals surface area contributed by atoms with Gasteiger partial charge in [0.25, 0.3) is 0 Å². The summed E-state index contributed by atoms with van der Waals surface area (Å²) in [7, 11) is 0. The normalized spacial score (nSPS) is 20.7. The molecule has 5 rings (SSSR count). The first-order chi connectivity index (χ1) is 17.0. The zero-order valence-electron chi connectivity index (χ0n) is 20.1. The molecule has 2 fully saturated rings. The highest BCUT2D eigenvalue weighted by atomic mass is 19.4. The van der Waals surface area contributed by atoms with Crippen molar-refractivity contribution in [2.24, 2.45) is 0 Å². The van der Waals surface area contributed by atoms with Crippen LogP contribution in [0.4, 0.5) is 13.2 Å². The first-order valence-electron chi connectivity index (χ1n) is 12.8. The molecule has 35 heavy (non-hydrogen) atoms. The number of hydrogen-bond acceptors (Lipinski definition) is 2. The highest BCUT2D eigenvalue weighted by molar-refractivity contribution is 5.68. The Labute approximate surface area is 206 Å². The van der Waals surface area contributed by atoms with Crippen LogP contribution in [0.5, 0.6) is 0 Å². The average Bonchev–Trinajstić information content (AvgIpc) is 2.90. The third-order valence-electron chi connectivity index (χ3n) is 7.64. The van der Waals surface area contributed by atoms with E-state index in [9.17, 15) is 13.2 Å². The maximum Gasteiger partial charge on any atom is 0.417 e. The summed E-state index contributed by atoms with van der Waals surface area (Å²) in [5.74, 6) is 0. The van der Waals surface area contributed by atoms with Crippen molar-refractivity contribution < 1.29 is 13.2 Å². The molecule has 1 aliphatic heterocycles. The van der Waals surface area contributed by atoms with Crippen LogP contribution < -0.4 is 0 Å². The predicted octanol–water partition coefficient (Wildman–Crippen LogP) is 7.56. The molecular weight excluding hydrogens is 445 g/mol. The van der Waals surface area contributed by atoms with Crippen LogP contribution in [-0.2, 0) is 12.7 Å². The van der Waals surface area contributed by atoms with Gasteiger partial charge in [-0.2, -0.15) is 13.2 Å². The minimum Gasteiger partial charge on any atom is -0.296 e. The lowest BCUT2D eigenvalue weighted by molar-refractivity contribution is -0.137. The smallest absolute Gasteiger partial charge is 0.296 e. The molecule has 5 heteroatoms. The predicted molar refractivity (Wildman–Crippen MR) is 135 cm³/mol. The molecule has 2 aliphatic rings. The average molecular weight is 479 g/mol. The fourth-order valence-electron chi connectivity index (χ4n) is 5.85. The highest BCUT2D eigenvalue weighted by Crippen LogP contribution is 2.37. The van der Waals surface area contributed by atoms with Crippen LogP contribution in [0.1, 0.15) is 54.8 Å². The van der Waals surface area contributed by atoms with Crippen LogP contribution in [0, 0.1) is 0 Å². The number of nitrogens with zero attached hydrogens (tertiary/aromatic N) is 2. The molecule has 0 spiro atoms. The van der Waals surface area contributed by atoms with Crippen molar-refractivity contribution in [2.75, 3.05) is 19.6 Å². The van der Waals surface area contributed by atoms with E-state index in [-0.39, 0.29) is 5.56 Å². The van der Waals surface area contributed by atoms with Gasteiger partial charge in [0.15, 0.2) is 0 Å². The van der Waals surface area contributed by atoms with E-state index in [0.29, 0.717) is 17.6 Å². The van der Waals surface area contributed by atoms with E-state index in [2.05, 4.69) is 40.1 Å². The molecule has 0 amide bonds. The molecule has 0 radical (unpaired) electrons. The minimum atomic E-state index is -4.36. The monoisotopic (exact) mass is 478 g/mol. The van der Waals surface area contributed by atoms with Gasteiger partial charge in [0.1, 0.15) is 0 Å². The minimum absolute atomic E-state index is 0.233. The maximum atomic E-state index is 13.5. The Morgan fingerprint density at radius 2 is 1.43 bits per heavy atom. The second-order valence-corrected chi connectivity index (χ2v) is 9.93. The molecule has 2 nitrogen and oxygen atoms in total. The van der Waals surface area contributed by atoms with Crippen LogP contribution in [0.2, 0.25) is 0 Å². The van der Waals surface area contributed by atoms with E-state index >= 15 is 0 Å². The summed E-state index contributed by atoms with van der Waals surface area (Å²) in [6.45, 7) is 3.85. The quantitative estimate of drug-likeness (QED) is 0.373. The van der Waals surface area contributed by atoms with Crippen LogP contribution in [0.3, 0.4) is 0 Å². The largest absolute Gasteiger partial charge is 0.417 e. The summed E-state index contributed by atoms with van der Waals surface area (Å²) in [5, 5.41) is 0. The van der Waals surface area contributed by atoms with E-state index < -0.39 is 11.7 Å². The van der Waals surface area contributed by atoms with Crippen LogP contribution in [-0.4, -0.2) is 35.5 Å². The van der Waals surface area contributed by atoms with Crippen LogP contribution in [0.15, 0.2) is 78.9 Å². The summed E-state index contributed by atoms with van der Waals surface area (Å²) in [6.07, 6.45) is 2.25. The van der Waals surface area contributed by atoms with Crippen molar-refractivity contribution in [3.8, 4) is 11.1 Å². The van der Waals surface area contributed by atoms with E-state index in [4.69, 9.17) is 0 Å². The Morgan fingerprint density at radius 1 is 0.743 bits per heavy atom. The molecule has 3 aromatic rings. The van der Waals surface area contributed by atoms with Crippen molar-refractivity contribution >= 4 is 0 Å². The van der Waals surface area contributed by atoms with Gasteiger partial charge in [0.05, 0.1) is 5.56 Å². The van der Waals surface area contributed by atoms with Gasteiger partial charge in [-0.15, -0.1) is 0 Å². The van der Waals surface area contributed by atoms with Crippen molar-refractivity contribution in [3.05, 3.63) is 95.6 Å². The summed E-state index contributed by atoms with van der Waals surface area (Å²) in [6, 6.07) is 25.3. The Bertz CT molecular complexity index is 1090. The maximum absolute atomic E-state index is 13.5. The number of hydrogen-bond donors (Lipinski definition) is 0. The van der Waals surface area contributed by atoms with Crippen LogP contribution in [0.25, 0.3) is 11.1 Å². The molecule has 1 aliphatic carbocycles. The molecule has 0 N–H and O–H groups in total. The summed E-state index contributed by atoms with van der Waals surface area (Å²) >= 11 is 0. The van der Waals surface area contributed by atoms with Crippen molar-refractivity contribution in [3.63, 3.8) is 0 Å². The van der Waals surface area contributed by atoms with Crippen LogP contribution >= 0.6 is 0 Å². The fourth-order valence-corrected chi connectivity index (χ4v) is 5.85. The number of halogens is 3. The molecular formula is C30H33F3N2. The van der Waals surface area contributed by atoms with Crippen molar-refractivity contribution in [1.29, 1.82) is 0 Å². The molecule has 0 bridgehead atoms. The first-order valence-corrected chi connectivity index (χ1v) is 12.8. The lowest BCUT2D eigenvalue weighted by Crippen LogP contribution is -2.52. The molecule has 1 atom stereocenters. The number of alkyl halides is 3. The van der Waals surface area contributed by atoms with Gasteiger partial charge in [-0.25, -0.2) is 0 Å².